The van der Waals surface area contributed by atoms with E-state index < -0.39 is 17.7 Å². The summed E-state index contributed by atoms with van der Waals surface area (Å²) in [6.45, 7) is 5.36. The van der Waals surface area contributed by atoms with Crippen LogP contribution in [0, 0.1) is 11.6 Å². The lowest BCUT2D eigenvalue weighted by atomic mass is 9.99. The predicted molar refractivity (Wildman–Crippen MR) is 127 cm³/mol. The summed E-state index contributed by atoms with van der Waals surface area (Å²) in [5.41, 5.74) is 1.09. The summed E-state index contributed by atoms with van der Waals surface area (Å²) in [7, 11) is 3.24. The second-order valence-corrected chi connectivity index (χ2v) is 8.74. The summed E-state index contributed by atoms with van der Waals surface area (Å²) < 4.78 is 39.3. The predicted octanol–water partition coefficient (Wildman–Crippen LogP) is 4.17. The fraction of sp³-hybridized carbons (Fsp3) is 0.360. The van der Waals surface area contributed by atoms with Crippen LogP contribution in [0.25, 0.3) is 11.0 Å². The van der Waals surface area contributed by atoms with E-state index >= 15 is 0 Å². The van der Waals surface area contributed by atoms with Gasteiger partial charge in [-0.3, -0.25) is 9.59 Å². The number of hydrogen-bond donors (Lipinski definition) is 1. The fourth-order valence-electron chi connectivity index (χ4n) is 4.11. The van der Waals surface area contributed by atoms with Gasteiger partial charge in [0, 0.05) is 56.1 Å². The number of amides is 1. The number of rotatable bonds is 5. The van der Waals surface area contributed by atoms with Crippen LogP contribution in [0.5, 0.6) is 0 Å². The third-order valence-electron chi connectivity index (χ3n) is 5.76. The molecule has 0 spiro atoms. The summed E-state index contributed by atoms with van der Waals surface area (Å²) in [5.74, 6) is -1.31. The molecule has 2 atom stereocenters. The summed E-state index contributed by atoms with van der Waals surface area (Å²) in [6.07, 6.45) is -0.0160. The lowest BCUT2D eigenvalue weighted by Gasteiger charge is -2.31. The third kappa shape index (κ3) is 4.89. The van der Waals surface area contributed by atoms with Gasteiger partial charge in [-0.2, -0.15) is 0 Å². The van der Waals surface area contributed by atoms with E-state index in [1.807, 2.05) is 11.8 Å². The second kappa shape index (κ2) is 9.42. The first kappa shape index (κ1) is 23.7. The zero-order valence-corrected chi connectivity index (χ0v) is 19.5. The van der Waals surface area contributed by atoms with E-state index in [0.29, 0.717) is 42.3 Å². The molecule has 0 bridgehead atoms. The first-order valence-electron chi connectivity index (χ1n) is 11.0. The number of halogens is 2. The van der Waals surface area contributed by atoms with Gasteiger partial charge in [-0.25, -0.2) is 8.78 Å². The van der Waals surface area contributed by atoms with Gasteiger partial charge in [-0.1, -0.05) is 0 Å². The van der Waals surface area contributed by atoms with Crippen LogP contribution in [-0.2, 0) is 4.74 Å². The lowest BCUT2D eigenvalue weighted by molar-refractivity contribution is 0.0517. The second-order valence-electron chi connectivity index (χ2n) is 8.74. The standard InChI is InChI=1S/C25H27F2N3O4/c1-14-13-30(5-6-33-14)23-12-22(31)21-8-16(25(32)29(3)4)7-20(24(21)34-23)15(2)28-19-10-17(26)9-18(27)11-19/h7-12,14-15,28H,5-6,13H2,1-4H3/t14?,15-/m0/s1. The summed E-state index contributed by atoms with van der Waals surface area (Å²) >= 11 is 0. The monoisotopic (exact) mass is 471 g/mol. The zero-order chi connectivity index (χ0) is 24.6. The van der Waals surface area contributed by atoms with Crippen LogP contribution in [0.2, 0.25) is 0 Å². The molecule has 0 aliphatic carbocycles. The van der Waals surface area contributed by atoms with Gasteiger partial charge in [0.2, 0.25) is 0 Å². The number of nitrogens with one attached hydrogen (secondary N) is 1. The van der Waals surface area contributed by atoms with Crippen molar-refractivity contribution >= 4 is 28.4 Å². The highest BCUT2D eigenvalue weighted by molar-refractivity contribution is 5.98. The molecule has 2 heterocycles. The van der Waals surface area contributed by atoms with E-state index in [9.17, 15) is 18.4 Å². The summed E-state index contributed by atoms with van der Waals surface area (Å²) in [4.78, 5) is 29.2. The van der Waals surface area contributed by atoms with Crippen LogP contribution >= 0.6 is 0 Å². The maximum absolute atomic E-state index is 13.7. The van der Waals surface area contributed by atoms with E-state index in [4.69, 9.17) is 9.15 Å². The molecule has 1 N–H and O–H groups in total. The van der Waals surface area contributed by atoms with E-state index in [0.717, 1.165) is 6.07 Å². The van der Waals surface area contributed by atoms with Crippen molar-refractivity contribution in [3.8, 4) is 0 Å². The molecule has 1 saturated heterocycles. The molecule has 4 rings (SSSR count). The van der Waals surface area contributed by atoms with Gasteiger partial charge in [0.05, 0.1) is 24.1 Å². The number of carbonyl (C=O) groups excluding carboxylic acids is 1. The van der Waals surface area contributed by atoms with Gasteiger partial charge < -0.3 is 24.3 Å². The highest BCUT2D eigenvalue weighted by Gasteiger charge is 2.23. The van der Waals surface area contributed by atoms with E-state index in [2.05, 4.69) is 5.32 Å². The van der Waals surface area contributed by atoms with Crippen LogP contribution in [-0.4, -0.2) is 50.7 Å². The first-order chi connectivity index (χ1) is 16.1. The van der Waals surface area contributed by atoms with Crippen molar-refractivity contribution in [1.29, 1.82) is 0 Å². The molecule has 1 aliphatic rings. The van der Waals surface area contributed by atoms with Crippen molar-refractivity contribution in [2.45, 2.75) is 26.0 Å². The number of carbonyl (C=O) groups is 1. The van der Waals surface area contributed by atoms with E-state index in [-0.39, 0.29) is 28.5 Å². The van der Waals surface area contributed by atoms with Gasteiger partial charge in [0.1, 0.15) is 17.2 Å². The molecule has 9 heteroatoms. The molecule has 1 amide bonds. The Hall–Kier alpha value is -3.46. The minimum absolute atomic E-state index is 0.0160. The Morgan fingerprint density at radius 2 is 1.85 bits per heavy atom. The smallest absolute Gasteiger partial charge is 0.253 e. The number of anilines is 2. The molecule has 0 radical (unpaired) electrons. The Morgan fingerprint density at radius 3 is 2.50 bits per heavy atom. The van der Waals surface area contributed by atoms with Crippen molar-refractivity contribution in [3.05, 3.63) is 69.4 Å². The zero-order valence-electron chi connectivity index (χ0n) is 19.5. The number of ether oxygens (including phenoxy) is 1. The third-order valence-corrected chi connectivity index (χ3v) is 5.76. The Labute approximate surface area is 195 Å². The Kier molecular flexibility index (Phi) is 6.56. The maximum atomic E-state index is 13.7. The molecular weight excluding hydrogens is 444 g/mol. The number of benzene rings is 2. The normalized spacial score (nSPS) is 17.0. The average molecular weight is 472 g/mol. The Bertz CT molecular complexity index is 1270. The van der Waals surface area contributed by atoms with Crippen molar-refractivity contribution in [3.63, 3.8) is 0 Å². The summed E-state index contributed by atoms with van der Waals surface area (Å²) in [6, 6.07) is 7.19. The molecule has 1 aromatic heterocycles. The molecule has 3 aromatic rings. The van der Waals surface area contributed by atoms with Gasteiger partial charge in [0.25, 0.3) is 5.91 Å². The van der Waals surface area contributed by atoms with E-state index in [1.165, 1.54) is 29.2 Å². The number of fused-ring (bicyclic) bond motifs is 1. The van der Waals surface area contributed by atoms with Crippen molar-refractivity contribution < 1.29 is 22.7 Å². The molecule has 1 fully saturated rings. The average Bonchev–Trinajstić information content (AvgIpc) is 2.77. The van der Waals surface area contributed by atoms with Crippen LogP contribution in [0.15, 0.2) is 45.6 Å². The van der Waals surface area contributed by atoms with Crippen molar-refractivity contribution in [2.24, 2.45) is 0 Å². The largest absolute Gasteiger partial charge is 0.440 e. The SMILES string of the molecule is CC1CN(c2cc(=O)c3cc(C(=O)N(C)C)cc([C@H](C)Nc4cc(F)cc(F)c4)c3o2)CCO1. The number of nitrogens with zero attached hydrogens (tertiary/aromatic N) is 2. The summed E-state index contributed by atoms with van der Waals surface area (Å²) in [5, 5.41) is 3.31. The Morgan fingerprint density at radius 1 is 1.15 bits per heavy atom. The van der Waals surface area contributed by atoms with Crippen LogP contribution in [0.1, 0.15) is 35.8 Å². The highest BCUT2D eigenvalue weighted by atomic mass is 19.1. The first-order valence-corrected chi connectivity index (χ1v) is 11.0. The van der Waals surface area contributed by atoms with Crippen LogP contribution < -0.4 is 15.6 Å². The topological polar surface area (TPSA) is 75.0 Å². The van der Waals surface area contributed by atoms with Crippen LogP contribution in [0.4, 0.5) is 20.4 Å². The minimum atomic E-state index is -0.716. The van der Waals surface area contributed by atoms with Gasteiger partial charge in [-0.05, 0) is 38.1 Å². The minimum Gasteiger partial charge on any atom is -0.440 e. The van der Waals surface area contributed by atoms with Gasteiger partial charge in [0.15, 0.2) is 11.3 Å². The molecule has 1 aliphatic heterocycles. The maximum Gasteiger partial charge on any atom is 0.253 e. The molecule has 0 saturated carbocycles. The van der Waals surface area contributed by atoms with Gasteiger partial charge >= 0.3 is 0 Å². The van der Waals surface area contributed by atoms with Gasteiger partial charge in [-0.15, -0.1) is 0 Å². The van der Waals surface area contributed by atoms with E-state index in [1.54, 1.807) is 27.1 Å². The fourth-order valence-corrected chi connectivity index (χ4v) is 4.11. The van der Waals surface area contributed by atoms with Crippen molar-refractivity contribution in [1.82, 2.24) is 4.90 Å². The quantitative estimate of drug-likeness (QED) is 0.602. The molecule has 180 valence electrons. The number of morpholine rings is 1. The molecular formula is C25H27F2N3O4. The number of hydrogen-bond acceptors (Lipinski definition) is 6. The molecule has 1 unspecified atom stereocenters. The molecule has 7 nitrogen and oxygen atoms in total. The van der Waals surface area contributed by atoms with Crippen molar-refractivity contribution in [2.75, 3.05) is 44.0 Å². The Balaban J connectivity index is 1.85. The highest BCUT2D eigenvalue weighted by Crippen LogP contribution is 2.31. The molecule has 34 heavy (non-hydrogen) atoms. The van der Waals surface area contributed by atoms with Crippen LogP contribution in [0.3, 0.4) is 0 Å². The molecule has 2 aromatic carbocycles. The lowest BCUT2D eigenvalue weighted by Crippen LogP contribution is -2.41.